The first-order chi connectivity index (χ1) is 7.27. The molecule has 4 nitrogen and oxygen atoms in total. The van der Waals surface area contributed by atoms with E-state index in [0.717, 1.165) is 0 Å². The smallest absolute Gasteiger partial charge is 0.236 e. The minimum atomic E-state index is -4.17. The highest BCUT2D eigenvalue weighted by Crippen LogP contribution is 2.26. The number of pyridine rings is 1. The molecule has 0 fully saturated rings. The van der Waals surface area contributed by atoms with Crippen LogP contribution in [-0.4, -0.2) is 13.4 Å². The third kappa shape index (κ3) is 2.46. The Bertz CT molecular complexity index is 566. The van der Waals surface area contributed by atoms with E-state index in [1.165, 1.54) is 13.0 Å². The number of hydrogen-bond donors (Lipinski definition) is 0. The highest BCUT2D eigenvalue weighted by atomic mass is 35.7. The van der Waals surface area contributed by atoms with Gasteiger partial charge in [0.1, 0.15) is 17.5 Å². The van der Waals surface area contributed by atoms with Crippen LogP contribution in [0, 0.1) is 18.3 Å². The number of aromatic nitrogens is 1. The second-order valence-electron chi connectivity index (χ2n) is 2.87. The lowest BCUT2D eigenvalue weighted by molar-refractivity contribution is 0.145. The maximum atomic E-state index is 12.4. The standard InChI is InChI=1S/C8H5ClF2N2O2S/c1-4-6(3-12)13-5(8(10)11)2-7(4)16(9,14)15/h2,8H,1H3. The van der Waals surface area contributed by atoms with Gasteiger partial charge in [0.15, 0.2) is 0 Å². The molecule has 0 aliphatic heterocycles. The van der Waals surface area contributed by atoms with Crippen LogP contribution in [0.4, 0.5) is 8.78 Å². The second kappa shape index (κ2) is 4.31. The van der Waals surface area contributed by atoms with Gasteiger partial charge in [-0.1, -0.05) is 0 Å². The van der Waals surface area contributed by atoms with Crippen LogP contribution in [0.15, 0.2) is 11.0 Å². The van der Waals surface area contributed by atoms with Crippen LogP contribution in [0.3, 0.4) is 0 Å². The Morgan fingerprint density at radius 1 is 1.56 bits per heavy atom. The number of nitrogens with zero attached hydrogens (tertiary/aromatic N) is 2. The van der Waals surface area contributed by atoms with Crippen molar-refractivity contribution >= 4 is 19.7 Å². The van der Waals surface area contributed by atoms with Gasteiger partial charge >= 0.3 is 0 Å². The van der Waals surface area contributed by atoms with Gasteiger partial charge in [0, 0.05) is 16.2 Å². The molecule has 1 rings (SSSR count). The maximum Gasteiger partial charge on any atom is 0.280 e. The molecule has 16 heavy (non-hydrogen) atoms. The first-order valence-corrected chi connectivity index (χ1v) is 6.22. The van der Waals surface area contributed by atoms with Crippen LogP contribution < -0.4 is 0 Å². The molecule has 0 amide bonds. The van der Waals surface area contributed by atoms with Gasteiger partial charge in [-0.15, -0.1) is 0 Å². The van der Waals surface area contributed by atoms with E-state index >= 15 is 0 Å². The van der Waals surface area contributed by atoms with Gasteiger partial charge in [-0.3, -0.25) is 0 Å². The third-order valence-electron chi connectivity index (χ3n) is 1.84. The largest absolute Gasteiger partial charge is 0.280 e. The summed E-state index contributed by atoms with van der Waals surface area (Å²) in [6.07, 6.45) is -2.97. The van der Waals surface area contributed by atoms with Crippen LogP contribution in [0.5, 0.6) is 0 Å². The molecule has 0 aliphatic rings. The normalized spacial score (nSPS) is 11.5. The Hall–Kier alpha value is -1.26. The summed E-state index contributed by atoms with van der Waals surface area (Å²) < 4.78 is 46.9. The molecule has 0 saturated heterocycles. The fourth-order valence-corrected chi connectivity index (χ4v) is 2.28. The Balaban J connectivity index is 3.63. The maximum absolute atomic E-state index is 12.4. The number of hydrogen-bond acceptors (Lipinski definition) is 4. The van der Waals surface area contributed by atoms with Crippen molar-refractivity contribution in [2.75, 3.05) is 0 Å². The lowest BCUT2D eigenvalue weighted by Crippen LogP contribution is -2.03. The summed E-state index contributed by atoms with van der Waals surface area (Å²) in [5, 5.41) is 8.62. The van der Waals surface area contributed by atoms with Crippen LogP contribution in [0.2, 0.25) is 0 Å². The van der Waals surface area contributed by atoms with E-state index in [4.69, 9.17) is 15.9 Å². The molecule has 1 aromatic rings. The van der Waals surface area contributed by atoms with E-state index in [1.54, 1.807) is 0 Å². The number of rotatable bonds is 2. The summed E-state index contributed by atoms with van der Waals surface area (Å²) in [4.78, 5) is 2.81. The van der Waals surface area contributed by atoms with Crippen LogP contribution in [0.25, 0.3) is 0 Å². The van der Waals surface area contributed by atoms with Crippen molar-refractivity contribution in [2.45, 2.75) is 18.2 Å². The predicted molar refractivity (Wildman–Crippen MR) is 51.7 cm³/mol. The van der Waals surface area contributed by atoms with Gasteiger partial charge in [-0.2, -0.15) is 5.26 Å². The molecule has 0 N–H and O–H groups in total. The molecular weight excluding hydrogens is 262 g/mol. The predicted octanol–water partition coefficient (Wildman–Crippen LogP) is 2.13. The first kappa shape index (κ1) is 12.8. The molecule has 0 bridgehead atoms. The van der Waals surface area contributed by atoms with Crippen LogP contribution in [0.1, 0.15) is 23.4 Å². The summed E-state index contributed by atoms with van der Waals surface area (Å²) in [5.41, 5.74) is -1.21. The second-order valence-corrected chi connectivity index (χ2v) is 5.40. The molecule has 0 atom stereocenters. The molecule has 0 aliphatic carbocycles. The molecule has 0 unspecified atom stereocenters. The SMILES string of the molecule is Cc1c(S(=O)(=O)Cl)cc(C(F)F)nc1C#N. The van der Waals surface area contributed by atoms with Crippen molar-refractivity contribution in [3.8, 4) is 6.07 Å². The summed E-state index contributed by atoms with van der Waals surface area (Å²) in [7, 11) is 0.885. The van der Waals surface area contributed by atoms with E-state index in [9.17, 15) is 17.2 Å². The van der Waals surface area contributed by atoms with E-state index in [2.05, 4.69) is 4.98 Å². The Morgan fingerprint density at radius 3 is 2.50 bits per heavy atom. The third-order valence-corrected chi connectivity index (χ3v) is 3.28. The lowest BCUT2D eigenvalue weighted by Gasteiger charge is -2.06. The van der Waals surface area contributed by atoms with E-state index < -0.39 is 26.1 Å². The van der Waals surface area contributed by atoms with Gasteiger partial charge in [-0.05, 0) is 13.0 Å². The van der Waals surface area contributed by atoms with Crippen molar-refractivity contribution in [1.82, 2.24) is 4.98 Å². The van der Waals surface area contributed by atoms with Gasteiger partial charge in [0.2, 0.25) is 0 Å². The van der Waals surface area contributed by atoms with Crippen molar-refractivity contribution < 1.29 is 17.2 Å². The molecule has 8 heteroatoms. The van der Waals surface area contributed by atoms with Crippen molar-refractivity contribution in [1.29, 1.82) is 5.26 Å². The van der Waals surface area contributed by atoms with E-state index in [-0.39, 0.29) is 11.3 Å². The van der Waals surface area contributed by atoms with Crippen molar-refractivity contribution in [3.05, 3.63) is 23.0 Å². The van der Waals surface area contributed by atoms with Gasteiger partial charge in [0.25, 0.3) is 15.5 Å². The zero-order chi connectivity index (χ0) is 12.5. The molecule has 0 saturated carbocycles. The summed E-state index contributed by atoms with van der Waals surface area (Å²) in [6, 6.07) is 2.21. The molecule has 0 radical (unpaired) electrons. The Morgan fingerprint density at radius 2 is 2.12 bits per heavy atom. The van der Waals surface area contributed by atoms with E-state index in [0.29, 0.717) is 6.07 Å². The Kier molecular flexibility index (Phi) is 3.45. The number of nitriles is 1. The van der Waals surface area contributed by atoms with Gasteiger partial charge in [-0.25, -0.2) is 22.2 Å². The van der Waals surface area contributed by atoms with Gasteiger partial charge in [0.05, 0.1) is 4.90 Å². The number of halogens is 3. The fraction of sp³-hybridized carbons (Fsp3) is 0.250. The molecule has 86 valence electrons. The average molecular weight is 267 g/mol. The van der Waals surface area contributed by atoms with E-state index in [1.807, 2.05) is 0 Å². The zero-order valence-corrected chi connectivity index (χ0v) is 9.48. The molecule has 1 heterocycles. The summed E-state index contributed by atoms with van der Waals surface area (Å²) in [6.45, 7) is 1.27. The topological polar surface area (TPSA) is 70.8 Å². The number of alkyl halides is 2. The zero-order valence-electron chi connectivity index (χ0n) is 7.91. The molecule has 1 aromatic heterocycles. The summed E-state index contributed by atoms with van der Waals surface area (Å²) >= 11 is 0. The quantitative estimate of drug-likeness (QED) is 0.769. The monoisotopic (exact) mass is 266 g/mol. The van der Waals surface area contributed by atoms with Crippen LogP contribution in [-0.2, 0) is 9.05 Å². The molecule has 0 aromatic carbocycles. The average Bonchev–Trinajstić information content (AvgIpc) is 2.15. The fourth-order valence-electron chi connectivity index (χ4n) is 1.08. The minimum Gasteiger partial charge on any atom is -0.236 e. The highest BCUT2D eigenvalue weighted by Gasteiger charge is 2.21. The van der Waals surface area contributed by atoms with Crippen molar-refractivity contribution in [2.24, 2.45) is 0 Å². The Labute approximate surface area is 94.9 Å². The lowest BCUT2D eigenvalue weighted by atomic mass is 10.2. The molecule has 0 spiro atoms. The summed E-state index contributed by atoms with van der Waals surface area (Å²) in [5.74, 6) is 0. The van der Waals surface area contributed by atoms with Crippen molar-refractivity contribution in [3.63, 3.8) is 0 Å². The minimum absolute atomic E-state index is 0.0399. The highest BCUT2D eigenvalue weighted by molar-refractivity contribution is 8.13. The van der Waals surface area contributed by atoms with Gasteiger partial charge < -0.3 is 0 Å². The molecular formula is C8H5ClF2N2O2S. The first-order valence-electron chi connectivity index (χ1n) is 3.92. The van der Waals surface area contributed by atoms with Crippen LogP contribution >= 0.6 is 10.7 Å².